The molecule has 2 aliphatic heterocycles. The highest BCUT2D eigenvalue weighted by atomic mass is 32.2. The first-order chi connectivity index (χ1) is 21.3. The first kappa shape index (κ1) is 31.0. The van der Waals surface area contributed by atoms with Gasteiger partial charge < -0.3 is 34.9 Å². The number of fused-ring (bicyclic) bond motifs is 12. The Morgan fingerprint density at radius 3 is 2.48 bits per heavy atom. The van der Waals surface area contributed by atoms with E-state index in [2.05, 4.69) is 20.4 Å². The fourth-order valence-electron chi connectivity index (χ4n) is 4.51. The van der Waals surface area contributed by atoms with Crippen molar-refractivity contribution in [1.82, 2.24) is 24.7 Å². The van der Waals surface area contributed by atoms with Crippen LogP contribution in [0.5, 0.6) is 5.75 Å². The lowest BCUT2D eigenvalue weighted by Crippen LogP contribution is -2.38. The van der Waals surface area contributed by atoms with E-state index in [1.165, 1.54) is 18.3 Å². The standard InChI is InChI=1S/C29H32N6O8S/c1-31-16-21-3-2-20-14-25(21)42-13-12-41-11-10-40-9-8-35(18-27(36)37)44(38,39)22-6-4-19(5-7-22)24-17-32-29(30)28(33-24)26-15-23(20)34-43-26/h2-7,14-15,17,31H,8-13,16,18H2,1H3,(H2,30,32)(H,36,37). The monoisotopic (exact) mass is 624 g/mol. The second-order valence-corrected chi connectivity index (χ2v) is 11.7. The minimum Gasteiger partial charge on any atom is -0.491 e. The fourth-order valence-corrected chi connectivity index (χ4v) is 5.88. The molecule has 0 unspecified atom stereocenters. The summed E-state index contributed by atoms with van der Waals surface area (Å²) in [5, 5.41) is 16.7. The van der Waals surface area contributed by atoms with Crippen LogP contribution < -0.4 is 15.8 Å². The molecule has 4 N–H and O–H groups in total. The lowest BCUT2D eigenvalue weighted by Gasteiger charge is -2.20. The minimum atomic E-state index is -4.14. The minimum absolute atomic E-state index is 0.0176. The van der Waals surface area contributed by atoms with E-state index >= 15 is 0 Å². The van der Waals surface area contributed by atoms with Gasteiger partial charge in [0.15, 0.2) is 17.3 Å². The smallest absolute Gasteiger partial charge is 0.318 e. The number of sulfonamides is 1. The van der Waals surface area contributed by atoms with Crippen LogP contribution in [-0.2, 0) is 30.8 Å². The fraction of sp³-hybridized carbons (Fsp3) is 0.310. The van der Waals surface area contributed by atoms with E-state index in [4.69, 9.17) is 24.5 Å². The number of nitrogens with two attached hydrogens (primary N) is 1. The van der Waals surface area contributed by atoms with Crippen LogP contribution in [0.4, 0.5) is 5.82 Å². The number of carboxylic acids is 1. The maximum Gasteiger partial charge on any atom is 0.318 e. The van der Waals surface area contributed by atoms with Gasteiger partial charge in [0.05, 0.1) is 43.2 Å². The maximum absolute atomic E-state index is 13.3. The number of carbonyl (C=O) groups is 1. The van der Waals surface area contributed by atoms with E-state index in [0.29, 0.717) is 35.0 Å². The number of nitrogen functional groups attached to an aromatic ring is 1. The van der Waals surface area contributed by atoms with Gasteiger partial charge in [0.25, 0.3) is 0 Å². The van der Waals surface area contributed by atoms with Crippen LogP contribution in [0, 0.1) is 0 Å². The van der Waals surface area contributed by atoms with E-state index in [9.17, 15) is 18.3 Å². The lowest BCUT2D eigenvalue weighted by molar-refractivity contribution is -0.137. The van der Waals surface area contributed by atoms with Crippen molar-refractivity contribution >= 4 is 21.8 Å². The number of nitrogens with one attached hydrogen (secondary N) is 1. The van der Waals surface area contributed by atoms with Crippen LogP contribution in [0.1, 0.15) is 5.56 Å². The van der Waals surface area contributed by atoms with Gasteiger partial charge in [0.1, 0.15) is 24.6 Å². The molecule has 0 saturated heterocycles. The van der Waals surface area contributed by atoms with Crippen LogP contribution in [0.25, 0.3) is 34.0 Å². The number of ether oxygens (including phenoxy) is 3. The van der Waals surface area contributed by atoms with Crippen LogP contribution in [-0.4, -0.2) is 92.1 Å². The number of hydrogen-bond acceptors (Lipinski definition) is 12. The molecule has 6 rings (SSSR count). The number of rotatable bonds is 4. The third-order valence-corrected chi connectivity index (χ3v) is 8.58. The van der Waals surface area contributed by atoms with Gasteiger partial charge in [-0.15, -0.1) is 0 Å². The average Bonchev–Trinajstić information content (AvgIpc) is 3.50. The molecule has 4 heterocycles. The summed E-state index contributed by atoms with van der Waals surface area (Å²) in [6.07, 6.45) is 1.46. The molecule has 0 amide bonds. The zero-order valence-electron chi connectivity index (χ0n) is 23.9. The largest absolute Gasteiger partial charge is 0.491 e. The Kier molecular flexibility index (Phi) is 9.82. The molecule has 44 heavy (non-hydrogen) atoms. The predicted molar refractivity (Wildman–Crippen MR) is 159 cm³/mol. The molecule has 2 aromatic heterocycles. The molecule has 0 fully saturated rings. The van der Waals surface area contributed by atoms with Crippen molar-refractivity contribution in [3.8, 4) is 39.7 Å². The SMILES string of the molecule is CNCc1ccc2cc1OCCOCCOCCN(CC(=O)O)S(=O)(=O)c1ccc(cc1)-c1cnc(N)c(n1)-c1cc-2no1. The summed E-state index contributed by atoms with van der Waals surface area (Å²) < 4.78 is 50.2. The van der Waals surface area contributed by atoms with E-state index in [1.807, 2.05) is 25.2 Å². The normalized spacial score (nSPS) is 16.1. The van der Waals surface area contributed by atoms with E-state index in [0.717, 1.165) is 15.4 Å². The van der Waals surface area contributed by atoms with Gasteiger partial charge in [-0.1, -0.05) is 29.4 Å². The van der Waals surface area contributed by atoms with Crippen molar-refractivity contribution in [3.63, 3.8) is 0 Å². The summed E-state index contributed by atoms with van der Waals surface area (Å²) in [4.78, 5) is 20.3. The van der Waals surface area contributed by atoms with E-state index in [-0.39, 0.29) is 56.0 Å². The Bertz CT molecular complexity index is 1710. The maximum atomic E-state index is 13.3. The Balaban J connectivity index is 1.50. The highest BCUT2D eigenvalue weighted by Crippen LogP contribution is 2.32. The highest BCUT2D eigenvalue weighted by molar-refractivity contribution is 7.89. The Morgan fingerprint density at radius 2 is 1.73 bits per heavy atom. The molecule has 4 aromatic rings. The van der Waals surface area contributed by atoms with Crippen molar-refractivity contribution < 1.29 is 37.1 Å². The molecule has 15 heteroatoms. The molecule has 0 saturated carbocycles. The topological polar surface area (TPSA) is 192 Å². The van der Waals surface area contributed by atoms with E-state index < -0.39 is 22.5 Å². The van der Waals surface area contributed by atoms with Crippen molar-refractivity contribution in [2.75, 3.05) is 58.9 Å². The molecular formula is C29H32N6O8S. The third kappa shape index (κ3) is 7.20. The Morgan fingerprint density at radius 1 is 1.00 bits per heavy atom. The molecular weight excluding hydrogens is 592 g/mol. The molecule has 2 aliphatic rings. The molecule has 232 valence electrons. The number of benzene rings is 2. The number of nitrogens with zero attached hydrogens (tertiary/aromatic N) is 4. The van der Waals surface area contributed by atoms with Crippen LogP contribution >= 0.6 is 0 Å². The van der Waals surface area contributed by atoms with Gasteiger partial charge in [-0.05, 0) is 25.2 Å². The summed E-state index contributed by atoms with van der Waals surface area (Å²) >= 11 is 0. The predicted octanol–water partition coefficient (Wildman–Crippen LogP) is 2.27. The second kappa shape index (κ2) is 13.9. The Hall–Kier alpha value is -4.41. The summed E-state index contributed by atoms with van der Waals surface area (Å²) in [7, 11) is -2.30. The molecule has 0 spiro atoms. The molecule has 14 nitrogen and oxygen atoms in total. The zero-order chi connectivity index (χ0) is 31.1. The molecule has 0 aliphatic carbocycles. The van der Waals surface area contributed by atoms with Crippen molar-refractivity contribution in [1.29, 1.82) is 0 Å². The number of carboxylic acid groups (broad SMARTS) is 1. The average molecular weight is 625 g/mol. The summed E-state index contributed by atoms with van der Waals surface area (Å²) in [5.74, 6) is -0.218. The zero-order valence-corrected chi connectivity index (χ0v) is 24.7. The van der Waals surface area contributed by atoms with Gasteiger partial charge in [0.2, 0.25) is 10.0 Å². The number of hydrogen-bond donors (Lipinski definition) is 3. The number of aliphatic carboxylic acids is 1. The van der Waals surface area contributed by atoms with Crippen LogP contribution in [0.2, 0.25) is 0 Å². The van der Waals surface area contributed by atoms with Crippen molar-refractivity contribution in [3.05, 3.63) is 60.3 Å². The van der Waals surface area contributed by atoms with Gasteiger partial charge >= 0.3 is 5.97 Å². The van der Waals surface area contributed by atoms with Gasteiger partial charge in [-0.2, -0.15) is 4.31 Å². The summed E-state index contributed by atoms with van der Waals surface area (Å²) in [5.41, 5.74) is 9.62. The van der Waals surface area contributed by atoms with Crippen molar-refractivity contribution in [2.24, 2.45) is 0 Å². The lowest BCUT2D eigenvalue weighted by atomic mass is 10.1. The number of aromatic nitrogens is 3. The van der Waals surface area contributed by atoms with Gasteiger partial charge in [0, 0.05) is 35.8 Å². The van der Waals surface area contributed by atoms with Crippen LogP contribution in [0.3, 0.4) is 0 Å². The first-order valence-corrected chi connectivity index (χ1v) is 15.2. The third-order valence-electron chi connectivity index (χ3n) is 6.72. The number of anilines is 1. The summed E-state index contributed by atoms with van der Waals surface area (Å²) in [6.45, 7) is 0.680. The molecule has 0 atom stereocenters. The molecule has 0 radical (unpaired) electrons. The summed E-state index contributed by atoms with van der Waals surface area (Å²) in [6, 6.07) is 13.3. The van der Waals surface area contributed by atoms with Crippen molar-refractivity contribution in [2.45, 2.75) is 11.4 Å². The second-order valence-electron chi connectivity index (χ2n) is 9.75. The highest BCUT2D eigenvalue weighted by Gasteiger charge is 2.27. The van der Waals surface area contributed by atoms with Gasteiger partial charge in [-0.25, -0.2) is 18.4 Å². The quantitative estimate of drug-likeness (QED) is 0.280. The van der Waals surface area contributed by atoms with E-state index in [1.54, 1.807) is 18.2 Å². The first-order valence-electron chi connectivity index (χ1n) is 13.7. The van der Waals surface area contributed by atoms with Crippen LogP contribution in [0.15, 0.2) is 64.1 Å². The van der Waals surface area contributed by atoms with Gasteiger partial charge in [-0.3, -0.25) is 4.79 Å². The molecule has 2 aromatic carbocycles. The molecule has 8 bridgehead atoms. The Labute approximate surface area is 253 Å².